The predicted octanol–water partition coefficient (Wildman–Crippen LogP) is 3.98. The number of piperazine rings is 1. The molecular weight excluding hydrogens is 622 g/mol. The molecule has 17 heteroatoms. The number of nitrogens with two attached hydrogens (primary N) is 1. The lowest BCUT2D eigenvalue weighted by Crippen LogP contribution is -2.45. The van der Waals surface area contributed by atoms with E-state index in [9.17, 15) is 34.8 Å². The average molecular weight is 651 g/mol. The fourth-order valence-corrected chi connectivity index (χ4v) is 4.27. The van der Waals surface area contributed by atoms with Gasteiger partial charge in [0.1, 0.15) is 0 Å². The average Bonchev–Trinajstić information content (AvgIpc) is 2.94. The summed E-state index contributed by atoms with van der Waals surface area (Å²) < 4.78 is 86.3. The lowest BCUT2D eigenvalue weighted by atomic mass is 10.0. The summed E-state index contributed by atoms with van der Waals surface area (Å²) >= 11 is 0. The zero-order chi connectivity index (χ0) is 33.1. The fourth-order valence-electron chi connectivity index (χ4n) is 3.75. The molecule has 3 aromatic rings. The standard InChI is InChI=1S/C23H26N4O2S.2C2HF3O2/c24-30(28,29)23-7-5-22(6-8-23)21-3-1-19(2-4-21)17-26-13-15-27(16-14-26)18-20-9-11-25-12-10-20;2*3-2(4,5)1(6)7/h1-12H,13-18H2,(H2,24,28,29);2*(H,6,7). The number of aliphatic carboxylic acids is 2. The highest BCUT2D eigenvalue weighted by Crippen LogP contribution is 2.22. The Balaban J connectivity index is 0.000000402. The van der Waals surface area contributed by atoms with Gasteiger partial charge in [-0.1, -0.05) is 36.4 Å². The Morgan fingerprint density at radius 3 is 1.32 bits per heavy atom. The largest absolute Gasteiger partial charge is 0.490 e. The number of hydrogen-bond donors (Lipinski definition) is 3. The van der Waals surface area contributed by atoms with Crippen LogP contribution in [0.3, 0.4) is 0 Å². The van der Waals surface area contributed by atoms with Crippen LogP contribution in [0.4, 0.5) is 26.3 Å². The second-order valence-corrected chi connectivity index (χ2v) is 10.8. The zero-order valence-electron chi connectivity index (χ0n) is 22.8. The third kappa shape index (κ3) is 12.7. The number of sulfonamides is 1. The maximum atomic E-state index is 11.4. The van der Waals surface area contributed by atoms with E-state index in [2.05, 4.69) is 51.2 Å². The maximum absolute atomic E-state index is 11.4. The van der Waals surface area contributed by atoms with Crippen LogP contribution < -0.4 is 5.14 Å². The second kappa shape index (κ2) is 15.6. The minimum absolute atomic E-state index is 0.131. The van der Waals surface area contributed by atoms with E-state index in [-0.39, 0.29) is 4.90 Å². The molecule has 1 aromatic heterocycles. The van der Waals surface area contributed by atoms with Gasteiger partial charge in [0.15, 0.2) is 0 Å². The van der Waals surface area contributed by atoms with Crippen molar-refractivity contribution >= 4 is 22.0 Å². The molecule has 10 nitrogen and oxygen atoms in total. The third-order valence-corrected chi connectivity index (χ3v) is 6.91. The van der Waals surface area contributed by atoms with E-state index in [1.165, 1.54) is 11.1 Å². The number of hydrogen-bond acceptors (Lipinski definition) is 7. The highest BCUT2D eigenvalue weighted by atomic mass is 32.2. The van der Waals surface area contributed by atoms with Gasteiger partial charge in [-0.3, -0.25) is 14.8 Å². The van der Waals surface area contributed by atoms with E-state index in [0.717, 1.165) is 50.4 Å². The van der Waals surface area contributed by atoms with Gasteiger partial charge < -0.3 is 10.2 Å². The molecule has 1 aliphatic heterocycles. The molecule has 0 unspecified atom stereocenters. The summed E-state index contributed by atoms with van der Waals surface area (Å²) in [4.78, 5) is 27.0. The number of nitrogens with zero attached hydrogens (tertiary/aromatic N) is 3. The number of carboxylic acid groups (broad SMARTS) is 2. The van der Waals surface area contributed by atoms with Crippen LogP contribution in [0, 0.1) is 0 Å². The first kappa shape index (κ1) is 36.1. The van der Waals surface area contributed by atoms with Gasteiger partial charge >= 0.3 is 24.3 Å². The van der Waals surface area contributed by atoms with Gasteiger partial charge in [0, 0.05) is 51.7 Å². The van der Waals surface area contributed by atoms with Crippen molar-refractivity contribution in [3.63, 3.8) is 0 Å². The van der Waals surface area contributed by atoms with Crippen molar-refractivity contribution in [2.45, 2.75) is 30.3 Å². The topological polar surface area (TPSA) is 154 Å². The summed E-state index contributed by atoms with van der Waals surface area (Å²) in [5.74, 6) is -5.51. The van der Waals surface area contributed by atoms with Gasteiger partial charge in [-0.05, 0) is 46.5 Å². The molecule has 0 aliphatic carbocycles. The van der Waals surface area contributed by atoms with Gasteiger partial charge in [-0.25, -0.2) is 23.1 Å². The first-order chi connectivity index (χ1) is 20.4. The van der Waals surface area contributed by atoms with Gasteiger partial charge in [0.2, 0.25) is 10.0 Å². The molecule has 0 saturated carbocycles. The Morgan fingerprint density at radius 2 is 1.00 bits per heavy atom. The predicted molar refractivity (Wildman–Crippen MR) is 145 cm³/mol. The van der Waals surface area contributed by atoms with Gasteiger partial charge in [-0.15, -0.1) is 0 Å². The highest BCUT2D eigenvalue weighted by Gasteiger charge is 2.38. The Morgan fingerprint density at radius 1 is 0.682 bits per heavy atom. The first-order valence-corrected chi connectivity index (χ1v) is 14.1. The molecule has 2 aromatic carbocycles. The molecule has 1 fully saturated rings. The van der Waals surface area contributed by atoms with Crippen LogP contribution >= 0.6 is 0 Å². The van der Waals surface area contributed by atoms with Gasteiger partial charge in [-0.2, -0.15) is 26.3 Å². The van der Waals surface area contributed by atoms with Crippen LogP contribution in [-0.2, 0) is 32.7 Å². The summed E-state index contributed by atoms with van der Waals surface area (Å²) in [5.41, 5.74) is 4.62. The molecule has 4 N–H and O–H groups in total. The van der Waals surface area contributed by atoms with Crippen LogP contribution in [0.2, 0.25) is 0 Å². The molecule has 1 aliphatic rings. The first-order valence-electron chi connectivity index (χ1n) is 12.5. The van der Waals surface area contributed by atoms with Crippen molar-refractivity contribution in [3.05, 3.63) is 84.2 Å². The molecule has 240 valence electrons. The van der Waals surface area contributed by atoms with E-state index in [4.69, 9.17) is 24.9 Å². The number of carboxylic acids is 2. The molecule has 0 radical (unpaired) electrons. The van der Waals surface area contributed by atoms with Gasteiger partial charge in [0.05, 0.1) is 4.90 Å². The summed E-state index contributed by atoms with van der Waals surface area (Å²) in [6.45, 7) is 6.17. The number of carbonyl (C=O) groups is 2. The number of rotatable bonds is 6. The number of alkyl halides is 6. The zero-order valence-corrected chi connectivity index (χ0v) is 23.6. The van der Waals surface area contributed by atoms with Gasteiger partial charge in [0.25, 0.3) is 0 Å². The number of primary sulfonamides is 1. The molecule has 0 amide bonds. The second-order valence-electron chi connectivity index (χ2n) is 9.28. The van der Waals surface area contributed by atoms with E-state index in [0.29, 0.717) is 0 Å². The van der Waals surface area contributed by atoms with Crippen LogP contribution in [-0.4, -0.2) is 83.9 Å². The molecule has 0 bridgehead atoms. The van der Waals surface area contributed by atoms with Crippen molar-refractivity contribution in [1.82, 2.24) is 14.8 Å². The summed E-state index contributed by atoms with van der Waals surface area (Å²) in [5, 5.41) is 19.4. The fraction of sp³-hybridized carbons (Fsp3) is 0.296. The Kier molecular flexibility index (Phi) is 12.8. The number of halogens is 6. The normalized spacial score (nSPS) is 14.4. The maximum Gasteiger partial charge on any atom is 0.490 e. The lowest BCUT2D eigenvalue weighted by Gasteiger charge is -2.34. The molecule has 0 spiro atoms. The molecular formula is C27H28F6N4O6S. The van der Waals surface area contributed by atoms with E-state index >= 15 is 0 Å². The Labute approximate surface area is 248 Å². The monoisotopic (exact) mass is 650 g/mol. The summed E-state index contributed by atoms with van der Waals surface area (Å²) in [7, 11) is -3.66. The Hall–Kier alpha value is -4.06. The number of aromatic nitrogens is 1. The van der Waals surface area contributed by atoms with Crippen molar-refractivity contribution in [2.75, 3.05) is 26.2 Å². The molecule has 0 atom stereocenters. The van der Waals surface area contributed by atoms with Crippen LogP contribution in [0.1, 0.15) is 11.1 Å². The summed E-state index contributed by atoms with van der Waals surface area (Å²) in [6, 6.07) is 19.3. The Bertz CT molecular complexity index is 1440. The van der Waals surface area contributed by atoms with Crippen molar-refractivity contribution in [1.29, 1.82) is 0 Å². The quantitative estimate of drug-likeness (QED) is 0.336. The SMILES string of the molecule is NS(=O)(=O)c1ccc(-c2ccc(CN3CCN(Cc4ccncc4)CC3)cc2)cc1.O=C(O)C(F)(F)F.O=C(O)C(F)(F)F. The van der Waals surface area contributed by atoms with E-state index < -0.39 is 34.3 Å². The van der Waals surface area contributed by atoms with E-state index in [1.54, 1.807) is 24.3 Å². The number of pyridine rings is 1. The van der Waals surface area contributed by atoms with Crippen LogP contribution in [0.25, 0.3) is 11.1 Å². The van der Waals surface area contributed by atoms with Crippen LogP contribution in [0.15, 0.2) is 78.0 Å². The van der Waals surface area contributed by atoms with Crippen molar-refractivity contribution < 1.29 is 54.6 Å². The minimum Gasteiger partial charge on any atom is -0.475 e. The lowest BCUT2D eigenvalue weighted by molar-refractivity contribution is -0.193. The highest BCUT2D eigenvalue weighted by molar-refractivity contribution is 7.89. The molecule has 44 heavy (non-hydrogen) atoms. The smallest absolute Gasteiger partial charge is 0.475 e. The summed E-state index contributed by atoms with van der Waals surface area (Å²) in [6.07, 6.45) is -6.46. The van der Waals surface area contributed by atoms with E-state index in [1.807, 2.05) is 12.4 Å². The molecule has 4 rings (SSSR count). The van der Waals surface area contributed by atoms with Crippen molar-refractivity contribution in [2.24, 2.45) is 5.14 Å². The molecule has 1 saturated heterocycles. The van der Waals surface area contributed by atoms with Crippen LogP contribution in [0.5, 0.6) is 0 Å². The minimum atomic E-state index is -5.08. The van der Waals surface area contributed by atoms with Crippen molar-refractivity contribution in [3.8, 4) is 11.1 Å². The third-order valence-electron chi connectivity index (χ3n) is 5.98. The molecule has 2 heterocycles. The number of benzene rings is 2.